The molecule has 0 saturated carbocycles. The number of aryl methyl sites for hydroxylation is 2. The van der Waals surface area contributed by atoms with E-state index < -0.39 is 6.10 Å². The summed E-state index contributed by atoms with van der Waals surface area (Å²) in [4.78, 5) is 12.1. The molecule has 31 heavy (non-hydrogen) atoms. The van der Waals surface area contributed by atoms with Crippen LogP contribution in [0.2, 0.25) is 0 Å². The first-order valence-electron chi connectivity index (χ1n) is 9.93. The van der Waals surface area contributed by atoms with Crippen molar-refractivity contribution in [2.45, 2.75) is 25.9 Å². The van der Waals surface area contributed by atoms with E-state index in [1.54, 1.807) is 18.2 Å². The van der Waals surface area contributed by atoms with Crippen molar-refractivity contribution >= 4 is 5.91 Å². The maximum atomic E-state index is 12.1. The zero-order chi connectivity index (χ0) is 21.6. The Kier molecular flexibility index (Phi) is 6.32. The maximum absolute atomic E-state index is 12.1. The second-order valence-corrected chi connectivity index (χ2v) is 7.15. The van der Waals surface area contributed by atoms with Crippen LogP contribution in [0.5, 0.6) is 17.2 Å². The Morgan fingerprint density at radius 1 is 1.16 bits per heavy atom. The Balaban J connectivity index is 1.17. The van der Waals surface area contributed by atoms with E-state index in [4.69, 9.17) is 18.6 Å². The molecule has 2 aromatic carbocycles. The van der Waals surface area contributed by atoms with Gasteiger partial charge < -0.3 is 29.1 Å². The van der Waals surface area contributed by atoms with Crippen LogP contribution in [0.15, 0.2) is 46.9 Å². The monoisotopic (exact) mass is 425 g/mol. The van der Waals surface area contributed by atoms with E-state index in [0.29, 0.717) is 35.5 Å². The summed E-state index contributed by atoms with van der Waals surface area (Å²) in [7, 11) is 0. The summed E-state index contributed by atoms with van der Waals surface area (Å²) < 4.78 is 21.7. The third-order valence-electron chi connectivity index (χ3n) is 4.65. The van der Waals surface area contributed by atoms with Crippen LogP contribution in [-0.4, -0.2) is 47.3 Å². The van der Waals surface area contributed by atoms with Crippen molar-refractivity contribution < 1.29 is 28.5 Å². The number of hydrogen-bond donors (Lipinski definition) is 2. The zero-order valence-electron chi connectivity index (χ0n) is 17.0. The number of carbonyl (C=O) groups is 1. The number of aliphatic hydroxyl groups is 1. The molecule has 1 unspecified atom stereocenters. The van der Waals surface area contributed by atoms with E-state index in [-0.39, 0.29) is 32.3 Å². The predicted octanol–water partition coefficient (Wildman–Crippen LogP) is 2.26. The Bertz CT molecular complexity index is 1030. The highest BCUT2D eigenvalue weighted by Gasteiger charge is 2.15. The van der Waals surface area contributed by atoms with Crippen molar-refractivity contribution in [3.63, 3.8) is 0 Å². The third kappa shape index (κ3) is 5.52. The molecule has 0 spiro atoms. The van der Waals surface area contributed by atoms with Crippen LogP contribution in [0.25, 0.3) is 11.5 Å². The SMILES string of the molecule is Cc1ccc(-c2nnc(CCC(=O)NCC(O)COc3ccc4c(c3)OCO4)o2)cc1. The number of benzene rings is 2. The van der Waals surface area contributed by atoms with Gasteiger partial charge in [0.1, 0.15) is 18.5 Å². The summed E-state index contributed by atoms with van der Waals surface area (Å²) in [5, 5.41) is 20.7. The fourth-order valence-corrected chi connectivity index (χ4v) is 2.93. The first-order chi connectivity index (χ1) is 15.1. The van der Waals surface area contributed by atoms with E-state index in [2.05, 4.69) is 15.5 Å². The predicted molar refractivity (Wildman–Crippen MR) is 110 cm³/mol. The molecule has 0 bridgehead atoms. The number of aliphatic hydroxyl groups excluding tert-OH is 1. The normalized spacial score (nSPS) is 13.1. The Morgan fingerprint density at radius 2 is 1.97 bits per heavy atom. The molecule has 4 rings (SSSR count). The van der Waals surface area contributed by atoms with E-state index in [0.717, 1.165) is 11.1 Å². The van der Waals surface area contributed by atoms with Crippen LogP contribution in [0.4, 0.5) is 0 Å². The first-order valence-corrected chi connectivity index (χ1v) is 9.93. The van der Waals surface area contributed by atoms with Crippen molar-refractivity contribution in [3.8, 4) is 28.7 Å². The number of nitrogens with one attached hydrogen (secondary N) is 1. The molecular formula is C22H23N3O6. The minimum absolute atomic E-state index is 0.0312. The molecule has 0 saturated heterocycles. The van der Waals surface area contributed by atoms with Gasteiger partial charge in [-0.15, -0.1) is 10.2 Å². The van der Waals surface area contributed by atoms with Gasteiger partial charge in [0.25, 0.3) is 0 Å². The third-order valence-corrected chi connectivity index (χ3v) is 4.65. The fraction of sp³-hybridized carbons (Fsp3) is 0.318. The lowest BCUT2D eigenvalue weighted by Crippen LogP contribution is -2.35. The van der Waals surface area contributed by atoms with Crippen LogP contribution in [0.3, 0.4) is 0 Å². The highest BCUT2D eigenvalue weighted by Crippen LogP contribution is 2.35. The lowest BCUT2D eigenvalue weighted by Gasteiger charge is -2.13. The molecule has 0 aliphatic carbocycles. The van der Waals surface area contributed by atoms with E-state index in [1.165, 1.54) is 0 Å². The molecule has 1 aromatic heterocycles. The summed E-state index contributed by atoms with van der Waals surface area (Å²) >= 11 is 0. The van der Waals surface area contributed by atoms with Gasteiger partial charge in [0.15, 0.2) is 11.5 Å². The molecule has 1 aliphatic heterocycles. The maximum Gasteiger partial charge on any atom is 0.247 e. The summed E-state index contributed by atoms with van der Waals surface area (Å²) in [5.74, 6) is 2.40. The second kappa shape index (κ2) is 9.48. The van der Waals surface area contributed by atoms with E-state index in [1.807, 2.05) is 31.2 Å². The molecule has 0 radical (unpaired) electrons. The quantitative estimate of drug-likeness (QED) is 0.536. The number of aromatic nitrogens is 2. The fourth-order valence-electron chi connectivity index (χ4n) is 2.93. The van der Waals surface area contributed by atoms with Crippen molar-refractivity contribution in [2.24, 2.45) is 0 Å². The number of nitrogens with zero attached hydrogens (tertiary/aromatic N) is 2. The van der Waals surface area contributed by atoms with Gasteiger partial charge >= 0.3 is 0 Å². The molecule has 0 fully saturated rings. The van der Waals surface area contributed by atoms with Crippen LogP contribution < -0.4 is 19.5 Å². The van der Waals surface area contributed by atoms with Gasteiger partial charge in [-0.2, -0.15) is 0 Å². The van der Waals surface area contributed by atoms with Gasteiger partial charge in [0, 0.05) is 31.0 Å². The minimum Gasteiger partial charge on any atom is -0.491 e. The largest absolute Gasteiger partial charge is 0.491 e. The smallest absolute Gasteiger partial charge is 0.247 e. The van der Waals surface area contributed by atoms with Crippen molar-refractivity contribution in [1.82, 2.24) is 15.5 Å². The molecule has 162 valence electrons. The van der Waals surface area contributed by atoms with Gasteiger partial charge in [0.2, 0.25) is 24.5 Å². The van der Waals surface area contributed by atoms with Crippen LogP contribution in [-0.2, 0) is 11.2 Å². The molecule has 1 aliphatic rings. The van der Waals surface area contributed by atoms with Crippen molar-refractivity contribution in [2.75, 3.05) is 19.9 Å². The number of hydrogen-bond acceptors (Lipinski definition) is 8. The van der Waals surface area contributed by atoms with Crippen molar-refractivity contribution in [1.29, 1.82) is 0 Å². The summed E-state index contributed by atoms with van der Waals surface area (Å²) in [6, 6.07) is 12.9. The first kappa shape index (κ1) is 20.7. The number of fused-ring (bicyclic) bond motifs is 1. The lowest BCUT2D eigenvalue weighted by atomic mass is 10.1. The van der Waals surface area contributed by atoms with Crippen LogP contribution >= 0.6 is 0 Å². The van der Waals surface area contributed by atoms with Crippen molar-refractivity contribution in [3.05, 3.63) is 53.9 Å². The standard InChI is InChI=1S/C22H23N3O6/c1-14-2-4-15(5-3-14)22-25-24-21(31-22)9-8-20(27)23-11-16(26)12-28-17-6-7-18-19(10-17)30-13-29-18/h2-7,10,16,26H,8-9,11-13H2,1H3,(H,23,27). The average molecular weight is 425 g/mol. The molecule has 9 heteroatoms. The topological polar surface area (TPSA) is 116 Å². The molecule has 2 heterocycles. The number of amides is 1. The molecule has 3 aromatic rings. The van der Waals surface area contributed by atoms with Crippen LogP contribution in [0, 0.1) is 6.92 Å². The van der Waals surface area contributed by atoms with Gasteiger partial charge in [0.05, 0.1) is 0 Å². The minimum atomic E-state index is -0.856. The molecule has 1 atom stereocenters. The number of carbonyl (C=O) groups excluding carboxylic acids is 1. The van der Waals surface area contributed by atoms with E-state index in [9.17, 15) is 9.90 Å². The van der Waals surface area contributed by atoms with Gasteiger partial charge in [-0.1, -0.05) is 17.7 Å². The summed E-state index contributed by atoms with van der Waals surface area (Å²) in [5.41, 5.74) is 1.98. The Hall–Kier alpha value is -3.59. The number of rotatable bonds is 9. The molecular weight excluding hydrogens is 402 g/mol. The Labute approximate surface area is 179 Å². The summed E-state index contributed by atoms with van der Waals surface area (Å²) in [6.45, 7) is 2.29. The van der Waals surface area contributed by atoms with Gasteiger partial charge in [-0.05, 0) is 31.2 Å². The molecule has 1 amide bonds. The summed E-state index contributed by atoms with van der Waals surface area (Å²) in [6.07, 6.45) is -0.370. The second-order valence-electron chi connectivity index (χ2n) is 7.15. The van der Waals surface area contributed by atoms with E-state index >= 15 is 0 Å². The average Bonchev–Trinajstić information content (AvgIpc) is 3.44. The molecule has 2 N–H and O–H groups in total. The highest BCUT2D eigenvalue weighted by atomic mass is 16.7. The molecule has 9 nitrogen and oxygen atoms in total. The van der Waals surface area contributed by atoms with Gasteiger partial charge in [-0.25, -0.2) is 0 Å². The lowest BCUT2D eigenvalue weighted by molar-refractivity contribution is -0.121. The Morgan fingerprint density at radius 3 is 2.81 bits per heavy atom. The number of ether oxygens (including phenoxy) is 3. The van der Waals surface area contributed by atoms with Gasteiger partial charge in [-0.3, -0.25) is 4.79 Å². The van der Waals surface area contributed by atoms with Crippen LogP contribution in [0.1, 0.15) is 17.9 Å². The highest BCUT2D eigenvalue weighted by molar-refractivity contribution is 5.76. The zero-order valence-corrected chi connectivity index (χ0v) is 17.0.